The third-order valence-corrected chi connectivity index (χ3v) is 8.75. The van der Waals surface area contributed by atoms with Gasteiger partial charge in [-0.15, -0.1) is 0 Å². The third kappa shape index (κ3) is 1.87. The summed E-state index contributed by atoms with van der Waals surface area (Å²) in [6.07, 6.45) is 13.1. The minimum Gasteiger partial charge on any atom is -0.381 e. The van der Waals surface area contributed by atoms with Crippen molar-refractivity contribution in [1.29, 1.82) is 0 Å². The first-order valence-electron chi connectivity index (χ1n) is 9.72. The highest BCUT2D eigenvalue weighted by Crippen LogP contribution is 2.67. The van der Waals surface area contributed by atoms with Crippen molar-refractivity contribution in [3.8, 4) is 0 Å². The fraction of sp³-hybridized carbons (Fsp3) is 0.905. The maximum Gasteiger partial charge on any atom is 0.0615 e. The van der Waals surface area contributed by atoms with Crippen LogP contribution >= 0.6 is 0 Å². The van der Waals surface area contributed by atoms with Gasteiger partial charge < -0.3 is 4.74 Å². The SMILES string of the molecule is C=C1CC[C@H]2[C@@H]3CC[C@H]4CCCC[C@]4(C)[C@H]3[C@@H](OC)C[C@]12C. The van der Waals surface area contributed by atoms with Crippen LogP contribution in [-0.2, 0) is 4.74 Å². The molecule has 0 aromatic rings. The van der Waals surface area contributed by atoms with E-state index in [0.29, 0.717) is 16.9 Å². The molecular formula is C21H34O. The Bertz CT molecular complexity index is 469. The Morgan fingerprint density at radius 1 is 1.09 bits per heavy atom. The second kappa shape index (κ2) is 5.10. The molecule has 0 aliphatic heterocycles. The van der Waals surface area contributed by atoms with Crippen molar-refractivity contribution in [2.45, 2.75) is 77.7 Å². The molecule has 4 saturated carbocycles. The highest BCUT2D eigenvalue weighted by Gasteiger charge is 2.61. The predicted molar refractivity (Wildman–Crippen MR) is 91.7 cm³/mol. The number of hydrogen-bond donors (Lipinski definition) is 0. The van der Waals surface area contributed by atoms with E-state index in [4.69, 9.17) is 4.74 Å². The van der Waals surface area contributed by atoms with E-state index >= 15 is 0 Å². The van der Waals surface area contributed by atoms with E-state index in [1.807, 2.05) is 7.11 Å². The molecule has 0 amide bonds. The summed E-state index contributed by atoms with van der Waals surface area (Å²) >= 11 is 0. The fourth-order valence-electron chi connectivity index (χ4n) is 7.51. The van der Waals surface area contributed by atoms with E-state index in [2.05, 4.69) is 20.4 Å². The molecule has 7 atom stereocenters. The van der Waals surface area contributed by atoms with E-state index in [1.165, 1.54) is 63.4 Å². The van der Waals surface area contributed by atoms with Gasteiger partial charge in [-0.05, 0) is 79.4 Å². The number of fused-ring (bicyclic) bond motifs is 5. The Morgan fingerprint density at radius 2 is 1.91 bits per heavy atom. The second-order valence-corrected chi connectivity index (χ2v) is 9.36. The minimum atomic E-state index is 0.361. The van der Waals surface area contributed by atoms with Crippen LogP contribution in [0, 0.1) is 34.5 Å². The van der Waals surface area contributed by atoms with Gasteiger partial charge in [-0.25, -0.2) is 0 Å². The van der Waals surface area contributed by atoms with Crippen LogP contribution in [0.5, 0.6) is 0 Å². The number of hydrogen-bond acceptors (Lipinski definition) is 1. The Labute approximate surface area is 136 Å². The number of ether oxygens (including phenoxy) is 1. The van der Waals surface area contributed by atoms with Gasteiger partial charge >= 0.3 is 0 Å². The summed E-state index contributed by atoms with van der Waals surface area (Å²) in [4.78, 5) is 0. The normalized spacial score (nSPS) is 54.5. The highest BCUT2D eigenvalue weighted by molar-refractivity contribution is 5.23. The van der Waals surface area contributed by atoms with Crippen LogP contribution in [0.25, 0.3) is 0 Å². The lowest BCUT2D eigenvalue weighted by Crippen LogP contribution is -2.58. The zero-order valence-corrected chi connectivity index (χ0v) is 14.9. The Kier molecular flexibility index (Phi) is 3.53. The van der Waals surface area contributed by atoms with Crippen molar-refractivity contribution in [2.24, 2.45) is 34.5 Å². The van der Waals surface area contributed by atoms with Crippen molar-refractivity contribution in [2.75, 3.05) is 7.11 Å². The lowest BCUT2D eigenvalue weighted by Gasteiger charge is -2.62. The summed E-state index contributed by atoms with van der Waals surface area (Å²) in [6, 6.07) is 0. The number of rotatable bonds is 1. The van der Waals surface area contributed by atoms with Crippen LogP contribution in [0.4, 0.5) is 0 Å². The Morgan fingerprint density at radius 3 is 2.68 bits per heavy atom. The molecule has 0 unspecified atom stereocenters. The van der Waals surface area contributed by atoms with Gasteiger partial charge in [0, 0.05) is 7.11 Å². The van der Waals surface area contributed by atoms with Crippen LogP contribution in [0.2, 0.25) is 0 Å². The average molecular weight is 303 g/mol. The van der Waals surface area contributed by atoms with Crippen LogP contribution in [-0.4, -0.2) is 13.2 Å². The molecule has 4 rings (SSSR count). The molecule has 0 heterocycles. The average Bonchev–Trinajstić information content (AvgIpc) is 2.81. The summed E-state index contributed by atoms with van der Waals surface area (Å²) < 4.78 is 6.16. The zero-order valence-electron chi connectivity index (χ0n) is 14.9. The molecule has 4 fully saturated rings. The summed E-state index contributed by atoms with van der Waals surface area (Å²) in [7, 11) is 1.97. The van der Waals surface area contributed by atoms with E-state index in [1.54, 1.807) is 0 Å². The van der Waals surface area contributed by atoms with Crippen molar-refractivity contribution < 1.29 is 4.74 Å². The van der Waals surface area contributed by atoms with Gasteiger partial charge in [-0.3, -0.25) is 0 Å². The molecule has 0 radical (unpaired) electrons. The first kappa shape index (κ1) is 15.2. The van der Waals surface area contributed by atoms with Crippen LogP contribution in [0.15, 0.2) is 12.2 Å². The van der Waals surface area contributed by atoms with E-state index in [0.717, 1.165) is 23.7 Å². The largest absolute Gasteiger partial charge is 0.381 e. The van der Waals surface area contributed by atoms with E-state index in [-0.39, 0.29) is 0 Å². The van der Waals surface area contributed by atoms with Gasteiger partial charge in [-0.2, -0.15) is 0 Å². The van der Waals surface area contributed by atoms with Crippen molar-refractivity contribution in [1.82, 2.24) is 0 Å². The summed E-state index contributed by atoms with van der Waals surface area (Å²) in [5, 5.41) is 0. The van der Waals surface area contributed by atoms with Gasteiger partial charge in [0.1, 0.15) is 0 Å². The number of allylic oxidation sites excluding steroid dienone is 1. The standard InChI is InChI=1S/C21H34O/c1-14-8-11-17-16-10-9-15-7-5-6-12-20(15,2)19(16)18(22-4)13-21(14,17)3/h15-19H,1,5-13H2,2-4H3/t15-,16+,17+,18+,19-,20+,21-/m1/s1. The maximum atomic E-state index is 6.16. The van der Waals surface area contributed by atoms with Gasteiger partial charge in [0.25, 0.3) is 0 Å². The highest BCUT2D eigenvalue weighted by atomic mass is 16.5. The molecule has 4 aliphatic rings. The van der Waals surface area contributed by atoms with Crippen LogP contribution in [0.1, 0.15) is 71.6 Å². The first-order valence-corrected chi connectivity index (χ1v) is 9.72. The number of methoxy groups -OCH3 is 1. The molecule has 0 spiro atoms. The lowest BCUT2D eigenvalue weighted by molar-refractivity contribution is -0.166. The maximum absolute atomic E-state index is 6.16. The molecular weight excluding hydrogens is 268 g/mol. The molecule has 0 aromatic carbocycles. The van der Waals surface area contributed by atoms with Crippen molar-refractivity contribution in [3.05, 3.63) is 12.2 Å². The summed E-state index contributed by atoms with van der Waals surface area (Å²) in [5.74, 6) is 3.55. The molecule has 0 N–H and O–H groups in total. The van der Waals surface area contributed by atoms with Crippen molar-refractivity contribution in [3.63, 3.8) is 0 Å². The first-order chi connectivity index (χ1) is 10.5. The van der Waals surface area contributed by atoms with Crippen LogP contribution < -0.4 is 0 Å². The van der Waals surface area contributed by atoms with Gasteiger partial charge in [-0.1, -0.05) is 38.8 Å². The van der Waals surface area contributed by atoms with Gasteiger partial charge in [0.15, 0.2) is 0 Å². The summed E-state index contributed by atoms with van der Waals surface area (Å²) in [6.45, 7) is 9.60. The van der Waals surface area contributed by atoms with Crippen molar-refractivity contribution >= 4 is 0 Å². The fourth-order valence-corrected chi connectivity index (χ4v) is 7.51. The van der Waals surface area contributed by atoms with Gasteiger partial charge in [0.2, 0.25) is 0 Å². The molecule has 4 aliphatic carbocycles. The molecule has 0 bridgehead atoms. The Balaban J connectivity index is 1.73. The Hall–Kier alpha value is -0.300. The van der Waals surface area contributed by atoms with Gasteiger partial charge in [0.05, 0.1) is 6.10 Å². The quantitative estimate of drug-likeness (QED) is 0.573. The second-order valence-electron chi connectivity index (χ2n) is 9.36. The predicted octanol–water partition coefficient (Wildman–Crippen LogP) is 5.60. The van der Waals surface area contributed by atoms with E-state index in [9.17, 15) is 0 Å². The molecule has 0 aromatic heterocycles. The molecule has 124 valence electrons. The molecule has 22 heavy (non-hydrogen) atoms. The zero-order chi connectivity index (χ0) is 15.5. The summed E-state index contributed by atoms with van der Waals surface area (Å²) in [5.41, 5.74) is 2.43. The smallest absolute Gasteiger partial charge is 0.0615 e. The van der Waals surface area contributed by atoms with E-state index < -0.39 is 0 Å². The third-order valence-electron chi connectivity index (χ3n) is 8.75. The molecule has 0 saturated heterocycles. The lowest BCUT2D eigenvalue weighted by atomic mass is 9.44. The topological polar surface area (TPSA) is 9.23 Å². The molecule has 1 nitrogen and oxygen atoms in total. The minimum absolute atomic E-state index is 0.361. The molecule has 1 heteroatoms. The van der Waals surface area contributed by atoms with Crippen LogP contribution in [0.3, 0.4) is 0 Å². The monoisotopic (exact) mass is 302 g/mol.